The molecule has 1 aliphatic heterocycles. The van der Waals surface area contributed by atoms with E-state index in [1.165, 1.54) is 0 Å². The van der Waals surface area contributed by atoms with Gasteiger partial charge in [-0.15, -0.1) is 0 Å². The van der Waals surface area contributed by atoms with Crippen LogP contribution < -0.4 is 4.72 Å². The maximum Gasteiger partial charge on any atom is 0.243 e. The van der Waals surface area contributed by atoms with E-state index < -0.39 is 30.6 Å². The van der Waals surface area contributed by atoms with Gasteiger partial charge in [-0.1, -0.05) is 0 Å². The summed E-state index contributed by atoms with van der Waals surface area (Å²) in [5.74, 6) is -0.984. The van der Waals surface area contributed by atoms with Gasteiger partial charge in [0, 0.05) is 25.5 Å². The van der Waals surface area contributed by atoms with Gasteiger partial charge in [-0.3, -0.25) is 0 Å². The zero-order valence-corrected chi connectivity index (χ0v) is 13.0. The predicted molar refractivity (Wildman–Crippen MR) is 73.7 cm³/mol. The number of benzene rings is 1. The molecule has 0 aliphatic carbocycles. The molecule has 118 valence electrons. The Morgan fingerprint density at radius 3 is 2.38 bits per heavy atom. The first-order chi connectivity index (χ1) is 9.70. The summed E-state index contributed by atoms with van der Waals surface area (Å²) in [6, 6.07) is 2.38. The molecule has 21 heavy (non-hydrogen) atoms. The Hall–Kier alpha value is -1.03. The average Bonchev–Trinajstić information content (AvgIpc) is 2.38. The van der Waals surface area contributed by atoms with Crippen LogP contribution in [0.3, 0.4) is 0 Å². The molecule has 1 N–H and O–H groups in total. The van der Waals surface area contributed by atoms with Crippen LogP contribution in [0.4, 0.5) is 4.39 Å². The second-order valence-corrected chi connectivity index (χ2v) is 8.57. The topological polar surface area (TPSA) is 89.5 Å². The highest BCUT2D eigenvalue weighted by Crippen LogP contribution is 2.21. The van der Waals surface area contributed by atoms with Crippen molar-refractivity contribution < 1.29 is 26.0 Å². The molecule has 6 nitrogen and oxygen atoms in total. The Morgan fingerprint density at radius 2 is 1.81 bits per heavy atom. The monoisotopic (exact) mass is 337 g/mol. The van der Waals surface area contributed by atoms with Crippen LogP contribution in [0, 0.1) is 5.82 Å². The SMILES string of the molecule is CS(=O)(=O)c1ccc(F)c(S(=O)(=O)NC2CCOCC2)c1. The molecule has 0 unspecified atom stereocenters. The third-order valence-electron chi connectivity index (χ3n) is 3.16. The van der Waals surface area contributed by atoms with Gasteiger partial charge in [0.25, 0.3) is 0 Å². The van der Waals surface area contributed by atoms with Crippen LogP contribution in [0.1, 0.15) is 12.8 Å². The summed E-state index contributed by atoms with van der Waals surface area (Å²) < 4.78 is 68.6. The molecule has 1 heterocycles. The van der Waals surface area contributed by atoms with Crippen molar-refractivity contribution in [3.63, 3.8) is 0 Å². The summed E-state index contributed by atoms with van der Waals surface area (Å²) in [5, 5.41) is 0. The molecule has 0 atom stereocenters. The molecule has 9 heteroatoms. The second-order valence-electron chi connectivity index (χ2n) is 4.87. The standard InChI is InChI=1S/C12H16FNO5S2/c1-20(15,16)10-2-3-11(13)12(8-10)21(17,18)14-9-4-6-19-7-5-9/h2-3,8-9,14H,4-7H2,1H3. The lowest BCUT2D eigenvalue weighted by atomic mass is 10.1. The van der Waals surface area contributed by atoms with Crippen LogP contribution in [-0.4, -0.2) is 42.3 Å². The van der Waals surface area contributed by atoms with Crippen LogP contribution >= 0.6 is 0 Å². The number of nitrogens with one attached hydrogen (secondary N) is 1. The van der Waals surface area contributed by atoms with Crippen molar-refractivity contribution >= 4 is 19.9 Å². The van der Waals surface area contributed by atoms with E-state index in [0.717, 1.165) is 24.5 Å². The van der Waals surface area contributed by atoms with Crippen molar-refractivity contribution in [3.05, 3.63) is 24.0 Å². The van der Waals surface area contributed by atoms with Crippen LogP contribution in [0.25, 0.3) is 0 Å². The summed E-state index contributed by atoms with van der Waals surface area (Å²) in [5.41, 5.74) is 0. The minimum Gasteiger partial charge on any atom is -0.381 e. The first kappa shape index (κ1) is 16.3. The zero-order valence-electron chi connectivity index (χ0n) is 11.4. The number of sulfonamides is 1. The quantitative estimate of drug-likeness (QED) is 0.817. The number of hydrogen-bond acceptors (Lipinski definition) is 5. The molecule has 0 spiro atoms. The molecule has 0 radical (unpaired) electrons. The van der Waals surface area contributed by atoms with Crippen molar-refractivity contribution in [2.75, 3.05) is 19.5 Å². The molecular formula is C12H16FNO5S2. The highest BCUT2D eigenvalue weighted by atomic mass is 32.2. The fraction of sp³-hybridized carbons (Fsp3) is 0.500. The van der Waals surface area contributed by atoms with Gasteiger partial charge in [0.1, 0.15) is 10.7 Å². The molecule has 1 saturated heterocycles. The number of hydrogen-bond donors (Lipinski definition) is 1. The fourth-order valence-electron chi connectivity index (χ4n) is 2.02. The minimum absolute atomic E-state index is 0.240. The maximum atomic E-state index is 13.8. The van der Waals surface area contributed by atoms with E-state index in [4.69, 9.17) is 4.74 Å². The number of halogens is 1. The molecule has 0 aromatic heterocycles. The first-order valence-electron chi connectivity index (χ1n) is 6.30. The largest absolute Gasteiger partial charge is 0.381 e. The highest BCUT2D eigenvalue weighted by Gasteiger charge is 2.26. The lowest BCUT2D eigenvalue weighted by Gasteiger charge is -2.23. The van der Waals surface area contributed by atoms with E-state index in [0.29, 0.717) is 26.1 Å². The molecule has 0 saturated carbocycles. The van der Waals surface area contributed by atoms with Gasteiger partial charge >= 0.3 is 0 Å². The van der Waals surface area contributed by atoms with E-state index >= 15 is 0 Å². The third-order valence-corrected chi connectivity index (χ3v) is 5.81. The predicted octanol–water partition coefficient (Wildman–Crippen LogP) is 0.686. The zero-order chi connectivity index (χ0) is 15.7. The van der Waals surface area contributed by atoms with Crippen molar-refractivity contribution in [2.45, 2.75) is 28.7 Å². The number of ether oxygens (including phenoxy) is 1. The van der Waals surface area contributed by atoms with Crippen LogP contribution in [0.15, 0.2) is 28.0 Å². The van der Waals surface area contributed by atoms with E-state index in [1.807, 2.05) is 0 Å². The lowest BCUT2D eigenvalue weighted by Crippen LogP contribution is -2.39. The number of rotatable bonds is 4. The molecule has 1 fully saturated rings. The second kappa shape index (κ2) is 5.99. The Kier molecular flexibility index (Phi) is 4.66. The summed E-state index contributed by atoms with van der Waals surface area (Å²) in [4.78, 5) is -0.895. The van der Waals surface area contributed by atoms with Crippen LogP contribution in [0.2, 0.25) is 0 Å². The van der Waals surface area contributed by atoms with E-state index in [2.05, 4.69) is 4.72 Å². The number of sulfone groups is 1. The fourth-order valence-corrected chi connectivity index (χ4v) is 4.15. The Bertz CT molecular complexity index is 724. The van der Waals surface area contributed by atoms with Gasteiger partial charge in [-0.2, -0.15) is 0 Å². The van der Waals surface area contributed by atoms with Crippen molar-refractivity contribution in [2.24, 2.45) is 0 Å². The van der Waals surface area contributed by atoms with Gasteiger partial charge in [0.2, 0.25) is 10.0 Å². The van der Waals surface area contributed by atoms with Crippen LogP contribution in [0.5, 0.6) is 0 Å². The van der Waals surface area contributed by atoms with Crippen molar-refractivity contribution in [3.8, 4) is 0 Å². The van der Waals surface area contributed by atoms with Gasteiger partial charge in [-0.25, -0.2) is 25.9 Å². The summed E-state index contributed by atoms with van der Waals surface area (Å²) >= 11 is 0. The average molecular weight is 337 g/mol. The van der Waals surface area contributed by atoms with Gasteiger partial charge < -0.3 is 4.74 Å². The molecule has 1 aromatic carbocycles. The minimum atomic E-state index is -4.12. The third kappa shape index (κ3) is 4.00. The summed E-state index contributed by atoms with van der Waals surface area (Å²) in [6.07, 6.45) is 1.92. The maximum absolute atomic E-state index is 13.8. The summed E-state index contributed by atoms with van der Waals surface area (Å²) in [6.45, 7) is 0.859. The molecule has 1 aromatic rings. The molecule has 1 aliphatic rings. The molecular weight excluding hydrogens is 321 g/mol. The van der Waals surface area contributed by atoms with E-state index in [1.54, 1.807) is 0 Å². The van der Waals surface area contributed by atoms with E-state index in [9.17, 15) is 21.2 Å². The first-order valence-corrected chi connectivity index (χ1v) is 9.67. The van der Waals surface area contributed by atoms with Gasteiger partial charge in [0.05, 0.1) is 4.90 Å². The van der Waals surface area contributed by atoms with Crippen molar-refractivity contribution in [1.82, 2.24) is 4.72 Å². The Labute approximate surface area is 123 Å². The van der Waals surface area contributed by atoms with Crippen LogP contribution in [-0.2, 0) is 24.6 Å². The molecule has 0 amide bonds. The molecule has 2 rings (SSSR count). The molecule has 0 bridgehead atoms. The normalized spacial score (nSPS) is 17.8. The Morgan fingerprint density at radius 1 is 1.19 bits per heavy atom. The van der Waals surface area contributed by atoms with Crippen molar-refractivity contribution in [1.29, 1.82) is 0 Å². The summed E-state index contributed by atoms with van der Waals surface area (Å²) in [7, 11) is -7.73. The smallest absolute Gasteiger partial charge is 0.243 e. The van der Waals surface area contributed by atoms with Gasteiger partial charge in [0.15, 0.2) is 9.84 Å². The highest BCUT2D eigenvalue weighted by molar-refractivity contribution is 7.91. The Balaban J connectivity index is 2.34. The van der Waals surface area contributed by atoms with Gasteiger partial charge in [-0.05, 0) is 31.0 Å². The lowest BCUT2D eigenvalue weighted by molar-refractivity contribution is 0.0832. The van der Waals surface area contributed by atoms with E-state index in [-0.39, 0.29) is 10.9 Å².